The number of nitrogens with one attached hydrogen (secondary N) is 1. The van der Waals surface area contributed by atoms with Gasteiger partial charge in [-0.05, 0) is 30.7 Å². The SMILES string of the molecule is CC(C)(C)CC(N)CC(=O)NC1CCCc2occc21. The van der Waals surface area contributed by atoms with Crippen LogP contribution in [0.2, 0.25) is 0 Å². The number of fused-ring (bicyclic) bond motifs is 1. The molecule has 4 nitrogen and oxygen atoms in total. The predicted octanol–water partition coefficient (Wildman–Crippen LogP) is 2.93. The van der Waals surface area contributed by atoms with E-state index in [2.05, 4.69) is 26.1 Å². The number of hydrogen-bond donors (Lipinski definition) is 2. The fourth-order valence-electron chi connectivity index (χ4n) is 2.99. The highest BCUT2D eigenvalue weighted by Gasteiger charge is 2.25. The highest BCUT2D eigenvalue weighted by atomic mass is 16.3. The minimum Gasteiger partial charge on any atom is -0.469 e. The summed E-state index contributed by atoms with van der Waals surface area (Å²) >= 11 is 0. The Labute approximate surface area is 121 Å². The zero-order chi connectivity index (χ0) is 14.8. The van der Waals surface area contributed by atoms with Gasteiger partial charge in [0.1, 0.15) is 5.76 Å². The number of carbonyl (C=O) groups excluding carboxylic acids is 1. The molecule has 3 N–H and O–H groups in total. The largest absolute Gasteiger partial charge is 0.469 e. The summed E-state index contributed by atoms with van der Waals surface area (Å²) in [5.41, 5.74) is 7.35. The van der Waals surface area contributed by atoms with Crippen LogP contribution in [-0.2, 0) is 11.2 Å². The molecule has 0 radical (unpaired) electrons. The number of hydrogen-bond acceptors (Lipinski definition) is 3. The molecule has 0 bridgehead atoms. The molecule has 112 valence electrons. The van der Waals surface area contributed by atoms with Gasteiger partial charge in [-0.1, -0.05) is 20.8 Å². The van der Waals surface area contributed by atoms with Gasteiger partial charge in [0.15, 0.2) is 0 Å². The molecule has 1 aromatic rings. The lowest BCUT2D eigenvalue weighted by molar-refractivity contribution is -0.122. The maximum Gasteiger partial charge on any atom is 0.222 e. The fourth-order valence-corrected chi connectivity index (χ4v) is 2.99. The molecule has 0 aromatic carbocycles. The van der Waals surface area contributed by atoms with Crippen LogP contribution in [0.3, 0.4) is 0 Å². The van der Waals surface area contributed by atoms with Gasteiger partial charge in [-0.3, -0.25) is 4.79 Å². The van der Waals surface area contributed by atoms with Crippen LogP contribution in [0, 0.1) is 5.41 Å². The lowest BCUT2D eigenvalue weighted by atomic mass is 9.87. The number of aryl methyl sites for hydroxylation is 1. The van der Waals surface area contributed by atoms with Crippen molar-refractivity contribution in [1.82, 2.24) is 5.32 Å². The number of amides is 1. The van der Waals surface area contributed by atoms with Crippen molar-refractivity contribution in [2.75, 3.05) is 0 Å². The third kappa shape index (κ3) is 4.10. The summed E-state index contributed by atoms with van der Waals surface area (Å²) in [6.45, 7) is 6.43. The van der Waals surface area contributed by atoms with E-state index in [9.17, 15) is 4.79 Å². The van der Waals surface area contributed by atoms with E-state index < -0.39 is 0 Å². The van der Waals surface area contributed by atoms with Crippen molar-refractivity contribution < 1.29 is 9.21 Å². The Hall–Kier alpha value is -1.29. The molecule has 1 aliphatic carbocycles. The second kappa shape index (κ2) is 6.00. The zero-order valence-electron chi connectivity index (χ0n) is 12.7. The van der Waals surface area contributed by atoms with E-state index in [1.807, 2.05) is 6.07 Å². The summed E-state index contributed by atoms with van der Waals surface area (Å²) in [5.74, 6) is 1.06. The van der Waals surface area contributed by atoms with Crippen molar-refractivity contribution >= 4 is 5.91 Å². The fraction of sp³-hybridized carbons (Fsp3) is 0.688. The summed E-state index contributed by atoms with van der Waals surface area (Å²) in [7, 11) is 0. The van der Waals surface area contributed by atoms with Gasteiger partial charge in [0.2, 0.25) is 5.91 Å². The normalized spacial score (nSPS) is 20.3. The summed E-state index contributed by atoms with van der Waals surface area (Å²) in [5, 5.41) is 3.10. The third-order valence-electron chi connectivity index (χ3n) is 3.71. The smallest absolute Gasteiger partial charge is 0.222 e. The highest BCUT2D eigenvalue weighted by Crippen LogP contribution is 2.30. The van der Waals surface area contributed by atoms with E-state index in [0.29, 0.717) is 6.42 Å². The molecule has 0 saturated heterocycles. The molecular formula is C16H26N2O2. The Balaban J connectivity index is 1.87. The number of rotatable bonds is 4. The molecule has 0 aliphatic heterocycles. The van der Waals surface area contributed by atoms with Gasteiger partial charge < -0.3 is 15.5 Å². The first-order chi connectivity index (χ1) is 9.35. The minimum absolute atomic E-state index is 0.0424. The molecule has 1 amide bonds. The maximum atomic E-state index is 12.1. The average molecular weight is 278 g/mol. The van der Waals surface area contributed by atoms with Gasteiger partial charge in [-0.2, -0.15) is 0 Å². The van der Waals surface area contributed by atoms with Gasteiger partial charge in [0.25, 0.3) is 0 Å². The molecule has 20 heavy (non-hydrogen) atoms. The summed E-state index contributed by atoms with van der Waals surface area (Å²) in [4.78, 5) is 12.1. The van der Waals surface area contributed by atoms with Gasteiger partial charge >= 0.3 is 0 Å². The van der Waals surface area contributed by atoms with Crippen molar-refractivity contribution in [3.63, 3.8) is 0 Å². The topological polar surface area (TPSA) is 68.3 Å². The van der Waals surface area contributed by atoms with E-state index in [-0.39, 0.29) is 23.4 Å². The van der Waals surface area contributed by atoms with E-state index in [0.717, 1.165) is 37.0 Å². The molecule has 2 unspecified atom stereocenters. The molecule has 1 aromatic heterocycles. The van der Waals surface area contributed by atoms with Crippen molar-refractivity contribution in [3.8, 4) is 0 Å². The van der Waals surface area contributed by atoms with Crippen LogP contribution in [0.15, 0.2) is 16.7 Å². The summed E-state index contributed by atoms with van der Waals surface area (Å²) in [6, 6.07) is 1.98. The quantitative estimate of drug-likeness (QED) is 0.889. The average Bonchev–Trinajstić information content (AvgIpc) is 2.74. The summed E-state index contributed by atoms with van der Waals surface area (Å²) < 4.78 is 5.44. The second-order valence-corrected chi connectivity index (χ2v) is 7.04. The van der Waals surface area contributed by atoms with Crippen LogP contribution < -0.4 is 11.1 Å². The van der Waals surface area contributed by atoms with E-state index >= 15 is 0 Å². The van der Waals surface area contributed by atoms with E-state index in [1.165, 1.54) is 0 Å². The van der Waals surface area contributed by atoms with Gasteiger partial charge in [0.05, 0.1) is 12.3 Å². The van der Waals surface area contributed by atoms with Crippen LogP contribution in [0.25, 0.3) is 0 Å². The number of furan rings is 1. The lowest BCUT2D eigenvalue weighted by Crippen LogP contribution is -2.36. The number of carbonyl (C=O) groups is 1. The first kappa shape index (κ1) is 15.1. The molecule has 1 heterocycles. The van der Waals surface area contributed by atoms with Crippen LogP contribution >= 0.6 is 0 Å². The van der Waals surface area contributed by atoms with Crippen LogP contribution in [0.1, 0.15) is 63.8 Å². The Morgan fingerprint density at radius 1 is 1.55 bits per heavy atom. The predicted molar refractivity (Wildman–Crippen MR) is 79.2 cm³/mol. The van der Waals surface area contributed by atoms with Crippen molar-refractivity contribution in [2.45, 2.75) is 65.0 Å². The van der Waals surface area contributed by atoms with Gasteiger partial charge in [-0.15, -0.1) is 0 Å². The molecule has 4 heteroatoms. The van der Waals surface area contributed by atoms with Gasteiger partial charge in [0, 0.05) is 24.4 Å². The minimum atomic E-state index is -0.0811. The van der Waals surface area contributed by atoms with Crippen LogP contribution in [0.5, 0.6) is 0 Å². The first-order valence-electron chi connectivity index (χ1n) is 7.46. The zero-order valence-corrected chi connectivity index (χ0v) is 12.7. The number of nitrogens with two attached hydrogens (primary N) is 1. The highest BCUT2D eigenvalue weighted by molar-refractivity contribution is 5.77. The molecular weight excluding hydrogens is 252 g/mol. The molecule has 2 atom stereocenters. The Kier molecular flexibility index (Phi) is 4.53. The third-order valence-corrected chi connectivity index (χ3v) is 3.71. The van der Waals surface area contributed by atoms with Crippen LogP contribution in [0.4, 0.5) is 0 Å². The standard InChI is InChI=1S/C16H26N2O2/c1-16(2,3)10-11(17)9-15(19)18-13-5-4-6-14-12(13)7-8-20-14/h7-8,11,13H,4-6,9-10,17H2,1-3H3,(H,18,19). The molecule has 0 fully saturated rings. The molecule has 0 saturated carbocycles. The molecule has 2 rings (SSSR count). The van der Waals surface area contributed by atoms with E-state index in [1.54, 1.807) is 6.26 Å². The second-order valence-electron chi connectivity index (χ2n) is 7.04. The van der Waals surface area contributed by atoms with Crippen LogP contribution in [-0.4, -0.2) is 11.9 Å². The van der Waals surface area contributed by atoms with Crippen molar-refractivity contribution in [3.05, 3.63) is 23.7 Å². The van der Waals surface area contributed by atoms with Gasteiger partial charge in [-0.25, -0.2) is 0 Å². The molecule has 0 spiro atoms. The summed E-state index contributed by atoms with van der Waals surface area (Å²) in [6.07, 6.45) is 5.95. The maximum absolute atomic E-state index is 12.1. The first-order valence-corrected chi connectivity index (χ1v) is 7.46. The molecule has 1 aliphatic rings. The Morgan fingerprint density at radius 3 is 3.00 bits per heavy atom. The Morgan fingerprint density at radius 2 is 2.30 bits per heavy atom. The Bertz CT molecular complexity index is 459. The van der Waals surface area contributed by atoms with Crippen molar-refractivity contribution in [1.29, 1.82) is 0 Å². The van der Waals surface area contributed by atoms with Crippen molar-refractivity contribution in [2.24, 2.45) is 11.1 Å². The monoisotopic (exact) mass is 278 g/mol. The lowest BCUT2D eigenvalue weighted by Gasteiger charge is -2.25. The van der Waals surface area contributed by atoms with E-state index in [4.69, 9.17) is 10.2 Å².